The molecule has 0 bridgehead atoms. The van der Waals surface area contributed by atoms with Crippen molar-refractivity contribution in [2.24, 2.45) is 0 Å². The predicted molar refractivity (Wildman–Crippen MR) is 157 cm³/mol. The summed E-state index contributed by atoms with van der Waals surface area (Å²) in [7, 11) is 3.05. The van der Waals surface area contributed by atoms with Crippen LogP contribution in [0.3, 0.4) is 0 Å². The predicted octanol–water partition coefficient (Wildman–Crippen LogP) is 8.29. The number of aryl methyl sites for hydroxylation is 5. The quantitative estimate of drug-likeness (QED) is 0.205. The molecule has 4 aromatic carbocycles. The van der Waals surface area contributed by atoms with E-state index in [2.05, 4.69) is 49.8 Å². The summed E-state index contributed by atoms with van der Waals surface area (Å²) in [6.07, 6.45) is 0. The van der Waals surface area contributed by atoms with E-state index in [1.54, 1.807) is 26.2 Å². The Bertz CT molecular complexity index is 1200. The van der Waals surface area contributed by atoms with Gasteiger partial charge < -0.3 is 9.47 Å². The van der Waals surface area contributed by atoms with Crippen molar-refractivity contribution in [1.82, 2.24) is 0 Å². The van der Waals surface area contributed by atoms with Gasteiger partial charge in [-0.05, 0) is 65.8 Å². The van der Waals surface area contributed by atoms with E-state index in [0.29, 0.717) is 5.56 Å². The molecule has 0 fully saturated rings. The highest BCUT2D eigenvalue weighted by atomic mass is 16.5. The molecule has 4 heteroatoms. The first-order valence-corrected chi connectivity index (χ1v) is 12.4. The summed E-state index contributed by atoms with van der Waals surface area (Å²) in [5, 5.41) is 0. The molecule has 0 spiro atoms. The number of benzene rings is 4. The Labute approximate surface area is 228 Å². The highest BCUT2D eigenvalue weighted by Crippen LogP contribution is 2.09. The van der Waals surface area contributed by atoms with Gasteiger partial charge in [-0.1, -0.05) is 101 Å². The first-order chi connectivity index (χ1) is 18.0. The maximum absolute atomic E-state index is 10.9. The molecule has 0 heterocycles. The second-order valence-electron chi connectivity index (χ2n) is 8.95. The molecule has 0 N–H and O–H groups in total. The van der Waals surface area contributed by atoms with Crippen LogP contribution in [0.5, 0.6) is 5.75 Å². The van der Waals surface area contributed by atoms with Crippen molar-refractivity contribution < 1.29 is 19.1 Å². The Balaban J connectivity index is 0.000000255. The lowest BCUT2D eigenvalue weighted by Crippen LogP contribution is -2.00. The molecule has 4 rings (SSSR count). The SMILES string of the molecule is CC(=O)c1ccc(C)cc1.COC(=O)c1ccc(C)cc1.COc1ccc(C)cc1.Cc1ccc(C)cc1. The number of esters is 1. The van der Waals surface area contributed by atoms with Crippen LogP contribution in [0.25, 0.3) is 0 Å². The number of hydrogen-bond donors (Lipinski definition) is 0. The van der Waals surface area contributed by atoms with E-state index in [1.807, 2.05) is 74.5 Å². The lowest BCUT2D eigenvalue weighted by atomic mass is 10.1. The molecular formula is C34H40O4. The topological polar surface area (TPSA) is 52.6 Å². The van der Waals surface area contributed by atoms with E-state index < -0.39 is 0 Å². The Morgan fingerprint density at radius 1 is 0.474 bits per heavy atom. The largest absolute Gasteiger partial charge is 0.497 e. The van der Waals surface area contributed by atoms with Crippen molar-refractivity contribution in [1.29, 1.82) is 0 Å². The third-order valence-corrected chi connectivity index (χ3v) is 5.41. The van der Waals surface area contributed by atoms with Crippen LogP contribution in [0.1, 0.15) is 55.5 Å². The van der Waals surface area contributed by atoms with Crippen molar-refractivity contribution in [3.63, 3.8) is 0 Å². The molecule has 4 nitrogen and oxygen atoms in total. The number of carbonyl (C=O) groups is 2. The van der Waals surface area contributed by atoms with Crippen molar-refractivity contribution in [2.75, 3.05) is 14.2 Å². The summed E-state index contributed by atoms with van der Waals surface area (Å²) in [6.45, 7) is 11.8. The van der Waals surface area contributed by atoms with Gasteiger partial charge in [-0.15, -0.1) is 0 Å². The summed E-state index contributed by atoms with van der Waals surface area (Å²) < 4.78 is 9.51. The smallest absolute Gasteiger partial charge is 0.337 e. The van der Waals surface area contributed by atoms with Crippen molar-refractivity contribution >= 4 is 11.8 Å². The number of methoxy groups -OCH3 is 2. The monoisotopic (exact) mass is 512 g/mol. The van der Waals surface area contributed by atoms with Gasteiger partial charge in [0, 0.05) is 5.56 Å². The zero-order valence-electron chi connectivity index (χ0n) is 23.9. The second kappa shape index (κ2) is 17.3. The van der Waals surface area contributed by atoms with Crippen LogP contribution in [-0.4, -0.2) is 26.0 Å². The molecule has 4 aromatic rings. The lowest BCUT2D eigenvalue weighted by Gasteiger charge is -1.97. The highest BCUT2D eigenvalue weighted by molar-refractivity contribution is 5.94. The summed E-state index contributed by atoms with van der Waals surface area (Å²) in [5.41, 5.74) is 7.62. The number of rotatable bonds is 3. The zero-order chi connectivity index (χ0) is 28.5. The van der Waals surface area contributed by atoms with Gasteiger partial charge >= 0.3 is 5.97 Å². The maximum Gasteiger partial charge on any atom is 0.337 e. The highest BCUT2D eigenvalue weighted by Gasteiger charge is 2.02. The molecule has 0 unspecified atom stereocenters. The number of ether oxygens (including phenoxy) is 2. The Morgan fingerprint density at radius 3 is 1.05 bits per heavy atom. The van der Waals surface area contributed by atoms with Gasteiger partial charge in [0.15, 0.2) is 5.78 Å². The van der Waals surface area contributed by atoms with Crippen LogP contribution in [0.15, 0.2) is 97.1 Å². The minimum Gasteiger partial charge on any atom is -0.497 e. The zero-order valence-corrected chi connectivity index (χ0v) is 23.9. The number of Topliss-reactive ketones (excluding diaryl/α,β-unsaturated/α-hetero) is 1. The second-order valence-corrected chi connectivity index (χ2v) is 8.95. The number of ketones is 1. The van der Waals surface area contributed by atoms with Gasteiger partial charge in [0.2, 0.25) is 0 Å². The fourth-order valence-electron chi connectivity index (χ4n) is 2.91. The third kappa shape index (κ3) is 13.2. The van der Waals surface area contributed by atoms with Crippen LogP contribution in [-0.2, 0) is 4.74 Å². The summed E-state index contributed by atoms with van der Waals surface area (Å²) in [5.74, 6) is 0.755. The van der Waals surface area contributed by atoms with E-state index in [9.17, 15) is 9.59 Å². The lowest BCUT2D eigenvalue weighted by molar-refractivity contribution is 0.0600. The normalized spacial score (nSPS) is 9.26. The summed E-state index contributed by atoms with van der Waals surface area (Å²) >= 11 is 0. The Morgan fingerprint density at radius 2 is 0.763 bits per heavy atom. The number of carbonyl (C=O) groups excluding carboxylic acids is 2. The Hall–Kier alpha value is -4.18. The minimum atomic E-state index is -0.287. The van der Waals surface area contributed by atoms with Crippen LogP contribution in [0.2, 0.25) is 0 Å². The van der Waals surface area contributed by atoms with Crippen LogP contribution >= 0.6 is 0 Å². The first kappa shape index (κ1) is 31.8. The van der Waals surface area contributed by atoms with Crippen LogP contribution in [0, 0.1) is 34.6 Å². The Kier molecular flexibility index (Phi) is 14.5. The third-order valence-electron chi connectivity index (χ3n) is 5.41. The van der Waals surface area contributed by atoms with Gasteiger partial charge in [-0.3, -0.25) is 4.79 Å². The molecule has 0 aliphatic heterocycles. The van der Waals surface area contributed by atoms with Crippen LogP contribution in [0.4, 0.5) is 0 Å². The van der Waals surface area contributed by atoms with Gasteiger partial charge in [0.05, 0.1) is 19.8 Å². The van der Waals surface area contributed by atoms with E-state index >= 15 is 0 Å². The first-order valence-electron chi connectivity index (χ1n) is 12.4. The van der Waals surface area contributed by atoms with Crippen molar-refractivity contribution in [2.45, 2.75) is 41.5 Å². The van der Waals surface area contributed by atoms with Crippen LogP contribution < -0.4 is 4.74 Å². The molecule has 0 aliphatic carbocycles. The summed E-state index contributed by atoms with van der Waals surface area (Å²) in [6, 6.07) is 31.3. The minimum absolute atomic E-state index is 0.125. The van der Waals surface area contributed by atoms with E-state index in [-0.39, 0.29) is 11.8 Å². The van der Waals surface area contributed by atoms with E-state index in [0.717, 1.165) is 16.9 Å². The van der Waals surface area contributed by atoms with Gasteiger partial charge in [0.1, 0.15) is 5.75 Å². The molecule has 0 amide bonds. The molecule has 0 atom stereocenters. The molecule has 0 saturated heterocycles. The standard InChI is InChI=1S/C9H10O2.C9H10O.C8H10O.C8H10/c1-7-3-5-8(6-4-7)9(10)11-2;1-7-3-5-9(6-4-7)8(2)10;1-7-3-5-8(9-2)6-4-7;1-7-3-5-8(2)6-4-7/h3-6H,1-2H3;3-6H,1-2H3;3-6H,1-2H3;3-6H,1-2H3. The average Bonchev–Trinajstić information content (AvgIpc) is 2.92. The molecular weight excluding hydrogens is 472 g/mol. The van der Waals surface area contributed by atoms with Gasteiger partial charge in [-0.25, -0.2) is 4.79 Å². The van der Waals surface area contributed by atoms with Gasteiger partial charge in [0.25, 0.3) is 0 Å². The van der Waals surface area contributed by atoms with Gasteiger partial charge in [-0.2, -0.15) is 0 Å². The van der Waals surface area contributed by atoms with E-state index in [4.69, 9.17) is 4.74 Å². The fraction of sp³-hybridized carbons (Fsp3) is 0.235. The molecule has 0 aromatic heterocycles. The van der Waals surface area contributed by atoms with Crippen molar-refractivity contribution in [3.8, 4) is 5.75 Å². The molecule has 200 valence electrons. The molecule has 38 heavy (non-hydrogen) atoms. The number of hydrogen-bond acceptors (Lipinski definition) is 4. The molecule has 0 aliphatic rings. The maximum atomic E-state index is 10.9. The fourth-order valence-corrected chi connectivity index (χ4v) is 2.91. The molecule has 0 saturated carbocycles. The average molecular weight is 513 g/mol. The molecule has 0 radical (unpaired) electrons. The van der Waals surface area contributed by atoms with E-state index in [1.165, 1.54) is 29.4 Å². The van der Waals surface area contributed by atoms with Crippen molar-refractivity contribution in [3.05, 3.63) is 136 Å². The summed E-state index contributed by atoms with van der Waals surface area (Å²) in [4.78, 5) is 21.7.